The number of anilines is 1. The second-order valence-electron chi connectivity index (χ2n) is 6.49. The molecular formula is C18H20N4OS. The molecule has 1 atom stereocenters. The lowest BCUT2D eigenvalue weighted by atomic mass is 9.93. The zero-order chi connectivity index (χ0) is 16.5. The van der Waals surface area contributed by atoms with Gasteiger partial charge in [0.15, 0.2) is 5.13 Å². The molecule has 124 valence electrons. The van der Waals surface area contributed by atoms with Crippen LogP contribution in [0, 0.1) is 5.92 Å². The summed E-state index contributed by atoms with van der Waals surface area (Å²) < 4.78 is 0. The summed E-state index contributed by atoms with van der Waals surface area (Å²) in [7, 11) is 0. The number of imidazole rings is 1. The molecule has 2 N–H and O–H groups in total. The van der Waals surface area contributed by atoms with Crippen LogP contribution < -0.4 is 5.32 Å². The lowest BCUT2D eigenvalue weighted by Gasteiger charge is -2.15. The maximum Gasteiger partial charge on any atom is 0.226 e. The molecule has 2 aromatic heterocycles. The molecule has 0 bridgehead atoms. The number of nitrogens with one attached hydrogen (secondary N) is 2. The van der Waals surface area contributed by atoms with E-state index in [2.05, 4.69) is 27.2 Å². The fourth-order valence-electron chi connectivity index (χ4n) is 3.13. The molecule has 1 aromatic carbocycles. The fraction of sp³-hybridized carbons (Fsp3) is 0.389. The van der Waals surface area contributed by atoms with E-state index >= 15 is 0 Å². The summed E-state index contributed by atoms with van der Waals surface area (Å²) in [5, 5.41) is 3.68. The Morgan fingerprint density at radius 1 is 1.38 bits per heavy atom. The molecule has 6 heteroatoms. The van der Waals surface area contributed by atoms with Crippen molar-refractivity contribution < 1.29 is 4.79 Å². The van der Waals surface area contributed by atoms with Gasteiger partial charge in [-0.05, 0) is 37.3 Å². The number of nitrogens with zero attached hydrogens (tertiary/aromatic N) is 2. The predicted molar refractivity (Wildman–Crippen MR) is 96.3 cm³/mol. The van der Waals surface area contributed by atoms with Gasteiger partial charge in [-0.15, -0.1) is 11.3 Å². The molecule has 5 nitrogen and oxygen atoms in total. The first-order valence-corrected chi connectivity index (χ1v) is 9.21. The number of thiazole rings is 1. The third-order valence-corrected chi connectivity index (χ3v) is 5.50. The fourth-order valence-corrected chi connectivity index (χ4v) is 4.32. The summed E-state index contributed by atoms with van der Waals surface area (Å²) in [4.78, 5) is 25.9. The van der Waals surface area contributed by atoms with Crippen molar-refractivity contribution in [3.8, 4) is 0 Å². The van der Waals surface area contributed by atoms with Crippen LogP contribution in [0.15, 0.2) is 24.3 Å². The number of amides is 1. The molecule has 0 fully saturated rings. The first-order valence-electron chi connectivity index (χ1n) is 8.39. The van der Waals surface area contributed by atoms with E-state index in [4.69, 9.17) is 0 Å². The highest BCUT2D eigenvalue weighted by molar-refractivity contribution is 7.15. The van der Waals surface area contributed by atoms with Gasteiger partial charge in [0.25, 0.3) is 0 Å². The Morgan fingerprint density at radius 3 is 3.12 bits per heavy atom. The molecule has 4 rings (SSSR count). The lowest BCUT2D eigenvalue weighted by molar-refractivity contribution is -0.116. The molecule has 3 aromatic rings. The van der Waals surface area contributed by atoms with Gasteiger partial charge in [-0.3, -0.25) is 4.79 Å². The zero-order valence-corrected chi connectivity index (χ0v) is 14.4. The Kier molecular flexibility index (Phi) is 4.06. The minimum absolute atomic E-state index is 0.00500. The van der Waals surface area contributed by atoms with Gasteiger partial charge in [0.05, 0.1) is 16.7 Å². The highest BCUT2D eigenvalue weighted by Gasteiger charge is 2.20. The molecule has 0 saturated heterocycles. The molecule has 0 spiro atoms. The molecule has 1 amide bonds. The van der Waals surface area contributed by atoms with Crippen molar-refractivity contribution in [2.75, 3.05) is 5.32 Å². The molecule has 0 radical (unpaired) electrons. The van der Waals surface area contributed by atoms with Gasteiger partial charge in [-0.2, -0.15) is 0 Å². The molecular weight excluding hydrogens is 320 g/mol. The van der Waals surface area contributed by atoms with Gasteiger partial charge in [-0.1, -0.05) is 19.1 Å². The van der Waals surface area contributed by atoms with Crippen molar-refractivity contribution in [1.82, 2.24) is 15.0 Å². The van der Waals surface area contributed by atoms with E-state index in [0.717, 1.165) is 40.7 Å². The molecule has 24 heavy (non-hydrogen) atoms. The number of hydrogen-bond acceptors (Lipinski definition) is 4. The number of carbonyl (C=O) groups is 1. The second-order valence-corrected chi connectivity index (χ2v) is 7.57. The van der Waals surface area contributed by atoms with E-state index in [1.54, 1.807) is 11.3 Å². The topological polar surface area (TPSA) is 70.7 Å². The van der Waals surface area contributed by atoms with Gasteiger partial charge < -0.3 is 10.3 Å². The number of hydrogen-bond donors (Lipinski definition) is 2. The van der Waals surface area contributed by atoms with Crippen molar-refractivity contribution in [1.29, 1.82) is 0 Å². The smallest absolute Gasteiger partial charge is 0.226 e. The Morgan fingerprint density at radius 2 is 2.25 bits per heavy atom. The number of rotatable bonds is 4. The normalized spacial score (nSPS) is 17.0. The SMILES string of the molecule is C[C@H]1CCc2nc(NC(=O)CCc3nc4ccccc4[nH]3)sc2C1. The number of benzene rings is 1. The number of fused-ring (bicyclic) bond motifs is 2. The number of aromatic nitrogens is 3. The van der Waals surface area contributed by atoms with Crippen molar-refractivity contribution in [3.05, 3.63) is 40.7 Å². The van der Waals surface area contributed by atoms with Gasteiger partial charge >= 0.3 is 0 Å². The summed E-state index contributed by atoms with van der Waals surface area (Å²) >= 11 is 1.63. The number of carbonyl (C=O) groups excluding carboxylic acids is 1. The molecule has 0 unspecified atom stereocenters. The van der Waals surface area contributed by atoms with E-state index < -0.39 is 0 Å². The lowest BCUT2D eigenvalue weighted by Crippen LogP contribution is -2.12. The van der Waals surface area contributed by atoms with Gasteiger partial charge in [0.1, 0.15) is 5.82 Å². The van der Waals surface area contributed by atoms with Crippen LogP contribution in [-0.2, 0) is 24.1 Å². The minimum atomic E-state index is -0.00500. The van der Waals surface area contributed by atoms with E-state index in [1.807, 2.05) is 24.3 Å². The average Bonchev–Trinajstić information content (AvgIpc) is 3.15. The highest BCUT2D eigenvalue weighted by atomic mass is 32.1. The largest absolute Gasteiger partial charge is 0.342 e. The van der Waals surface area contributed by atoms with Crippen LogP contribution in [0.5, 0.6) is 0 Å². The summed E-state index contributed by atoms with van der Waals surface area (Å²) in [6.07, 6.45) is 4.31. The van der Waals surface area contributed by atoms with Crippen LogP contribution in [0.2, 0.25) is 0 Å². The molecule has 0 aliphatic heterocycles. The van der Waals surface area contributed by atoms with Gasteiger partial charge in [0.2, 0.25) is 5.91 Å². The van der Waals surface area contributed by atoms with Gasteiger partial charge in [0, 0.05) is 17.7 Å². The van der Waals surface area contributed by atoms with E-state index in [0.29, 0.717) is 12.8 Å². The summed E-state index contributed by atoms with van der Waals surface area (Å²) in [5.41, 5.74) is 3.12. The number of para-hydroxylation sites is 2. The average molecular weight is 340 g/mol. The van der Waals surface area contributed by atoms with Crippen LogP contribution in [0.25, 0.3) is 11.0 Å². The molecule has 1 aliphatic carbocycles. The highest BCUT2D eigenvalue weighted by Crippen LogP contribution is 2.32. The van der Waals surface area contributed by atoms with Crippen LogP contribution in [0.3, 0.4) is 0 Å². The first kappa shape index (κ1) is 15.3. The standard InChI is InChI=1S/C18H20N4OS/c1-11-6-7-14-15(10-11)24-18(21-14)22-17(23)9-8-16-19-12-4-2-3-5-13(12)20-16/h2-5,11H,6-10H2,1H3,(H,19,20)(H,21,22,23)/t11-/m0/s1. The quantitative estimate of drug-likeness (QED) is 0.760. The minimum Gasteiger partial charge on any atom is -0.342 e. The Labute approximate surface area is 144 Å². The van der Waals surface area contributed by atoms with Crippen molar-refractivity contribution in [2.45, 2.75) is 39.0 Å². The number of aryl methyl sites for hydroxylation is 2. The monoisotopic (exact) mass is 340 g/mol. The third-order valence-electron chi connectivity index (χ3n) is 4.46. The molecule has 0 saturated carbocycles. The van der Waals surface area contributed by atoms with Crippen molar-refractivity contribution in [2.24, 2.45) is 5.92 Å². The number of H-pyrrole nitrogens is 1. The van der Waals surface area contributed by atoms with E-state index in [1.165, 1.54) is 17.0 Å². The Bertz CT molecular complexity index is 849. The summed E-state index contributed by atoms with van der Waals surface area (Å²) in [5.74, 6) is 1.56. The Balaban J connectivity index is 1.36. The second kappa shape index (κ2) is 6.36. The zero-order valence-electron chi connectivity index (χ0n) is 13.6. The maximum atomic E-state index is 12.2. The Hall–Kier alpha value is -2.21. The van der Waals surface area contributed by atoms with E-state index in [-0.39, 0.29) is 5.91 Å². The predicted octanol–water partition coefficient (Wildman–Crippen LogP) is 3.72. The van der Waals surface area contributed by atoms with Gasteiger partial charge in [-0.25, -0.2) is 9.97 Å². The van der Waals surface area contributed by atoms with Crippen LogP contribution in [0.4, 0.5) is 5.13 Å². The van der Waals surface area contributed by atoms with Crippen LogP contribution >= 0.6 is 11.3 Å². The summed E-state index contributed by atoms with van der Waals surface area (Å²) in [6.45, 7) is 2.27. The van der Waals surface area contributed by atoms with Crippen LogP contribution in [-0.4, -0.2) is 20.9 Å². The van der Waals surface area contributed by atoms with Crippen LogP contribution in [0.1, 0.15) is 36.2 Å². The third kappa shape index (κ3) is 3.19. The number of aromatic amines is 1. The van der Waals surface area contributed by atoms with E-state index in [9.17, 15) is 4.79 Å². The van der Waals surface area contributed by atoms with Crippen molar-refractivity contribution in [3.63, 3.8) is 0 Å². The molecule has 1 aliphatic rings. The van der Waals surface area contributed by atoms with Crippen molar-refractivity contribution >= 4 is 33.4 Å². The first-order chi connectivity index (χ1) is 11.7. The molecule has 2 heterocycles. The summed E-state index contributed by atoms with van der Waals surface area (Å²) in [6, 6.07) is 7.90. The maximum absolute atomic E-state index is 12.2.